The third-order valence-electron chi connectivity index (χ3n) is 4.26. The van der Waals surface area contributed by atoms with Crippen molar-refractivity contribution in [2.45, 2.75) is 96.8 Å². The number of carbonyl (C=O) groups excluding carboxylic acids is 1. The number of amides is 1. The van der Waals surface area contributed by atoms with Crippen LogP contribution >= 0.6 is 0 Å². The number of nitrogens with two attached hydrogens (primary N) is 1. The maximum absolute atomic E-state index is 11.5. The Bertz CT molecular complexity index is 293. The zero-order valence-electron chi connectivity index (χ0n) is 16.0. The van der Waals surface area contributed by atoms with Crippen molar-refractivity contribution in [2.75, 3.05) is 13.1 Å². The second-order valence-electron chi connectivity index (χ2n) is 6.64. The molecular weight excluding hydrogens is 298 g/mol. The number of hydrazine groups is 1. The summed E-state index contributed by atoms with van der Waals surface area (Å²) in [5, 5.41) is 2.84. The van der Waals surface area contributed by atoms with Crippen LogP contribution in [-0.4, -0.2) is 19.0 Å². The molecule has 0 aliphatic rings. The van der Waals surface area contributed by atoms with Gasteiger partial charge in [-0.05, 0) is 32.1 Å². The molecule has 1 amide bonds. The first kappa shape index (κ1) is 23.1. The minimum atomic E-state index is 0.142. The Morgan fingerprint density at radius 3 is 1.92 bits per heavy atom. The van der Waals surface area contributed by atoms with E-state index in [4.69, 9.17) is 5.84 Å². The molecule has 0 rings (SSSR count). The van der Waals surface area contributed by atoms with Crippen LogP contribution in [0.25, 0.3) is 0 Å². The molecule has 0 bridgehead atoms. The predicted octanol–water partition coefficient (Wildman–Crippen LogP) is 4.60. The quantitative estimate of drug-likeness (QED) is 0.148. The Morgan fingerprint density at radius 2 is 1.33 bits per heavy atom. The van der Waals surface area contributed by atoms with E-state index < -0.39 is 0 Å². The molecule has 0 aliphatic carbocycles. The van der Waals surface area contributed by atoms with Gasteiger partial charge in [-0.15, -0.1) is 0 Å². The molecule has 142 valence electrons. The Kier molecular flexibility index (Phi) is 19.4. The first-order valence-corrected chi connectivity index (χ1v) is 10.2. The average Bonchev–Trinajstić information content (AvgIpc) is 2.58. The minimum Gasteiger partial charge on any atom is -0.355 e. The van der Waals surface area contributed by atoms with Gasteiger partial charge in [0.25, 0.3) is 0 Å². The van der Waals surface area contributed by atoms with Gasteiger partial charge in [-0.3, -0.25) is 16.1 Å². The number of allylic oxidation sites excluding steroid dienone is 2. The molecule has 0 atom stereocenters. The summed E-state index contributed by atoms with van der Waals surface area (Å²) >= 11 is 0. The Balaban J connectivity index is 3.16. The van der Waals surface area contributed by atoms with Gasteiger partial charge in [0, 0.05) is 19.5 Å². The number of hydrogen-bond acceptors (Lipinski definition) is 3. The summed E-state index contributed by atoms with van der Waals surface area (Å²) in [5.41, 5.74) is 2.52. The van der Waals surface area contributed by atoms with Gasteiger partial charge in [0.2, 0.25) is 5.91 Å². The average molecular weight is 340 g/mol. The molecule has 0 spiro atoms. The summed E-state index contributed by atoms with van der Waals surface area (Å²) in [7, 11) is 0. The normalized spacial score (nSPS) is 11.2. The predicted molar refractivity (Wildman–Crippen MR) is 105 cm³/mol. The number of hydrogen-bond donors (Lipinski definition) is 3. The van der Waals surface area contributed by atoms with E-state index in [-0.39, 0.29) is 5.91 Å². The highest BCUT2D eigenvalue weighted by Crippen LogP contribution is 2.09. The van der Waals surface area contributed by atoms with Crippen LogP contribution in [0.5, 0.6) is 0 Å². The van der Waals surface area contributed by atoms with Gasteiger partial charge in [-0.25, -0.2) is 0 Å². The van der Waals surface area contributed by atoms with Crippen molar-refractivity contribution in [3.05, 3.63) is 12.2 Å². The topological polar surface area (TPSA) is 67.2 Å². The number of unbranched alkanes of at least 4 members (excludes halogenated alkanes) is 11. The second-order valence-corrected chi connectivity index (χ2v) is 6.64. The SMILES string of the molecule is CCCCCCCC/C=C\CCCCCCCC(=O)NCCNN. The lowest BCUT2D eigenvalue weighted by Crippen LogP contribution is -2.34. The maximum Gasteiger partial charge on any atom is 0.220 e. The molecule has 0 aromatic rings. The second kappa shape index (κ2) is 20.2. The van der Waals surface area contributed by atoms with Crippen LogP contribution in [0.1, 0.15) is 96.8 Å². The number of carbonyl (C=O) groups is 1. The number of nitrogens with one attached hydrogen (secondary N) is 2. The Hall–Kier alpha value is -0.870. The minimum absolute atomic E-state index is 0.142. The Morgan fingerprint density at radius 1 is 0.792 bits per heavy atom. The highest BCUT2D eigenvalue weighted by molar-refractivity contribution is 5.75. The molecule has 0 aromatic carbocycles. The van der Waals surface area contributed by atoms with Gasteiger partial charge >= 0.3 is 0 Å². The van der Waals surface area contributed by atoms with Crippen molar-refractivity contribution in [1.82, 2.24) is 10.7 Å². The van der Waals surface area contributed by atoms with E-state index in [1.165, 1.54) is 70.6 Å². The lowest BCUT2D eigenvalue weighted by Gasteiger charge is -2.04. The summed E-state index contributed by atoms with van der Waals surface area (Å²) in [6.45, 7) is 3.50. The van der Waals surface area contributed by atoms with Gasteiger partial charge in [0.05, 0.1) is 0 Å². The molecule has 0 aromatic heterocycles. The zero-order chi connectivity index (χ0) is 17.7. The molecule has 4 nitrogen and oxygen atoms in total. The van der Waals surface area contributed by atoms with Crippen LogP contribution in [-0.2, 0) is 4.79 Å². The molecule has 4 N–H and O–H groups in total. The van der Waals surface area contributed by atoms with Crippen molar-refractivity contribution in [3.63, 3.8) is 0 Å². The van der Waals surface area contributed by atoms with Crippen LogP contribution in [0, 0.1) is 0 Å². The molecule has 0 saturated heterocycles. The fourth-order valence-corrected chi connectivity index (χ4v) is 2.72. The van der Waals surface area contributed by atoms with E-state index in [0.717, 1.165) is 12.8 Å². The zero-order valence-corrected chi connectivity index (χ0v) is 16.0. The molecule has 0 aliphatic heterocycles. The van der Waals surface area contributed by atoms with Gasteiger partial charge < -0.3 is 5.32 Å². The van der Waals surface area contributed by atoms with Crippen molar-refractivity contribution in [2.24, 2.45) is 5.84 Å². The van der Waals surface area contributed by atoms with E-state index >= 15 is 0 Å². The smallest absolute Gasteiger partial charge is 0.220 e. The lowest BCUT2D eigenvalue weighted by atomic mass is 10.1. The summed E-state index contributed by atoms with van der Waals surface area (Å²) in [5.74, 6) is 5.29. The molecular formula is C20H41N3O. The van der Waals surface area contributed by atoms with E-state index in [0.29, 0.717) is 19.5 Å². The van der Waals surface area contributed by atoms with Gasteiger partial charge in [-0.1, -0.05) is 70.4 Å². The van der Waals surface area contributed by atoms with Crippen LogP contribution in [0.2, 0.25) is 0 Å². The largest absolute Gasteiger partial charge is 0.355 e. The van der Waals surface area contributed by atoms with Crippen molar-refractivity contribution < 1.29 is 4.79 Å². The monoisotopic (exact) mass is 339 g/mol. The molecule has 0 radical (unpaired) electrons. The summed E-state index contributed by atoms with van der Waals surface area (Å²) in [6, 6.07) is 0. The van der Waals surface area contributed by atoms with Crippen molar-refractivity contribution in [3.8, 4) is 0 Å². The van der Waals surface area contributed by atoms with Gasteiger partial charge in [0.15, 0.2) is 0 Å². The van der Waals surface area contributed by atoms with Crippen LogP contribution in [0.3, 0.4) is 0 Å². The van der Waals surface area contributed by atoms with Gasteiger partial charge in [0.1, 0.15) is 0 Å². The van der Waals surface area contributed by atoms with E-state index in [9.17, 15) is 4.79 Å². The van der Waals surface area contributed by atoms with Gasteiger partial charge in [-0.2, -0.15) is 0 Å². The van der Waals surface area contributed by atoms with E-state index in [2.05, 4.69) is 29.8 Å². The standard InChI is InChI=1S/C20H41N3O/c1-2-3-4-5-6-7-8-9-10-11-12-13-14-15-16-17-20(24)22-18-19-23-21/h9-10,23H,2-8,11-19,21H2,1H3,(H,22,24)/b10-9-. The summed E-state index contributed by atoms with van der Waals surface area (Å²) < 4.78 is 0. The Labute approximate surface area is 150 Å². The third kappa shape index (κ3) is 19.2. The van der Waals surface area contributed by atoms with E-state index in [1.54, 1.807) is 0 Å². The first-order chi connectivity index (χ1) is 11.8. The maximum atomic E-state index is 11.5. The summed E-state index contributed by atoms with van der Waals surface area (Å²) in [4.78, 5) is 11.5. The van der Waals surface area contributed by atoms with Crippen molar-refractivity contribution >= 4 is 5.91 Å². The van der Waals surface area contributed by atoms with E-state index in [1.807, 2.05) is 0 Å². The highest BCUT2D eigenvalue weighted by Gasteiger charge is 1.99. The van der Waals surface area contributed by atoms with Crippen molar-refractivity contribution in [1.29, 1.82) is 0 Å². The highest BCUT2D eigenvalue weighted by atomic mass is 16.1. The fraction of sp³-hybridized carbons (Fsp3) is 0.850. The molecule has 24 heavy (non-hydrogen) atoms. The third-order valence-corrected chi connectivity index (χ3v) is 4.26. The summed E-state index contributed by atoms with van der Waals surface area (Å²) in [6.07, 6.45) is 22.0. The fourth-order valence-electron chi connectivity index (χ4n) is 2.72. The molecule has 0 saturated carbocycles. The first-order valence-electron chi connectivity index (χ1n) is 10.2. The molecule has 0 unspecified atom stereocenters. The van der Waals surface area contributed by atoms with Crippen LogP contribution in [0.4, 0.5) is 0 Å². The van der Waals surface area contributed by atoms with Crippen LogP contribution < -0.4 is 16.6 Å². The molecule has 4 heteroatoms. The molecule has 0 heterocycles. The lowest BCUT2D eigenvalue weighted by molar-refractivity contribution is -0.121. The van der Waals surface area contributed by atoms with Crippen LogP contribution in [0.15, 0.2) is 12.2 Å². The molecule has 0 fully saturated rings. The number of rotatable bonds is 18.